The van der Waals surface area contributed by atoms with E-state index >= 15 is 0 Å². The van der Waals surface area contributed by atoms with Gasteiger partial charge in [-0.2, -0.15) is 19.7 Å². The maximum atomic E-state index is 13.7. The molecule has 0 bridgehead atoms. The van der Waals surface area contributed by atoms with Gasteiger partial charge in [-0.1, -0.05) is 0 Å². The fraction of sp³-hybridized carbons (Fsp3) is 0.333. The van der Waals surface area contributed by atoms with Crippen LogP contribution in [-0.2, 0) is 13.1 Å². The van der Waals surface area contributed by atoms with E-state index in [-0.39, 0.29) is 11.3 Å². The maximum absolute atomic E-state index is 13.7. The lowest BCUT2D eigenvalue weighted by molar-refractivity contribution is -0.385. The van der Waals surface area contributed by atoms with E-state index in [1.54, 1.807) is 13.8 Å². The van der Waals surface area contributed by atoms with Gasteiger partial charge in [-0.3, -0.25) is 19.6 Å². The Hall–Kier alpha value is -3.11. The van der Waals surface area contributed by atoms with Crippen LogP contribution < -0.4 is 5.43 Å². The van der Waals surface area contributed by atoms with Gasteiger partial charge in [-0.25, -0.2) is 10.1 Å². The minimum atomic E-state index is -0.858. The number of rotatable bonds is 6. The van der Waals surface area contributed by atoms with Crippen molar-refractivity contribution in [3.8, 4) is 0 Å². The van der Waals surface area contributed by atoms with Gasteiger partial charge >= 0.3 is 5.69 Å². The molecule has 0 aliphatic heterocycles. The Kier molecular flexibility index (Phi) is 4.79. The van der Waals surface area contributed by atoms with Crippen molar-refractivity contribution in [1.29, 1.82) is 0 Å². The topological polar surface area (TPSA) is 120 Å². The number of nitrogens with zero attached hydrogens (tertiary/aromatic N) is 6. The fourth-order valence-electron chi connectivity index (χ4n) is 1.77. The molecule has 23 heavy (non-hydrogen) atoms. The lowest BCUT2D eigenvalue weighted by Gasteiger charge is -1.96. The molecule has 10 nitrogen and oxygen atoms in total. The van der Waals surface area contributed by atoms with Gasteiger partial charge in [0, 0.05) is 13.1 Å². The quantitative estimate of drug-likeness (QED) is 0.481. The van der Waals surface area contributed by atoms with Gasteiger partial charge in [0.1, 0.15) is 6.20 Å². The first kappa shape index (κ1) is 16.3. The molecule has 122 valence electrons. The molecule has 0 aliphatic rings. The predicted molar refractivity (Wildman–Crippen MR) is 77.5 cm³/mol. The first-order valence-electron chi connectivity index (χ1n) is 6.74. The number of hydrogen-bond acceptors (Lipinski definition) is 6. The van der Waals surface area contributed by atoms with Crippen LogP contribution in [0.5, 0.6) is 0 Å². The minimum absolute atomic E-state index is 0.0840. The van der Waals surface area contributed by atoms with E-state index in [2.05, 4.69) is 20.7 Å². The molecular weight excluding hydrogens is 309 g/mol. The summed E-state index contributed by atoms with van der Waals surface area (Å²) in [6, 6.07) is 0. The summed E-state index contributed by atoms with van der Waals surface area (Å²) in [4.78, 5) is 22.1. The first-order chi connectivity index (χ1) is 11.0. The standard InChI is InChI=1S/C12H14FN7O3/c1-3-18-7-9(20(22)23)10(17-18)12(21)16-14-5-8-6-15-19(4-2)11(8)13/h5-7H,3-4H2,1-2H3,(H,16,21)/b14-5+. The lowest BCUT2D eigenvalue weighted by Crippen LogP contribution is -2.19. The molecule has 1 N–H and O–H groups in total. The molecule has 2 rings (SSSR count). The zero-order valence-electron chi connectivity index (χ0n) is 12.4. The average Bonchev–Trinajstić information content (AvgIpc) is 3.11. The molecule has 11 heteroatoms. The maximum Gasteiger partial charge on any atom is 0.320 e. The van der Waals surface area contributed by atoms with Crippen LogP contribution in [0.4, 0.5) is 10.1 Å². The summed E-state index contributed by atoms with van der Waals surface area (Å²) in [7, 11) is 0. The average molecular weight is 323 g/mol. The van der Waals surface area contributed by atoms with E-state index in [0.717, 1.165) is 17.1 Å². The third kappa shape index (κ3) is 3.39. The second-order valence-corrected chi connectivity index (χ2v) is 4.38. The fourth-order valence-corrected chi connectivity index (χ4v) is 1.77. The molecule has 0 aliphatic carbocycles. The Morgan fingerprint density at radius 1 is 1.52 bits per heavy atom. The second-order valence-electron chi connectivity index (χ2n) is 4.38. The molecule has 0 unspecified atom stereocenters. The normalized spacial score (nSPS) is 11.1. The van der Waals surface area contributed by atoms with E-state index in [4.69, 9.17) is 0 Å². The van der Waals surface area contributed by atoms with Gasteiger partial charge in [-0.15, -0.1) is 0 Å². The molecule has 0 atom stereocenters. The summed E-state index contributed by atoms with van der Waals surface area (Å²) in [6.45, 7) is 4.18. The number of carbonyl (C=O) groups is 1. The largest absolute Gasteiger partial charge is 0.320 e. The van der Waals surface area contributed by atoms with Crippen molar-refractivity contribution in [1.82, 2.24) is 25.0 Å². The van der Waals surface area contributed by atoms with Crippen LogP contribution in [0.25, 0.3) is 0 Å². The highest BCUT2D eigenvalue weighted by molar-refractivity contribution is 5.96. The molecular formula is C12H14FN7O3. The predicted octanol–water partition coefficient (Wildman–Crippen LogP) is 0.931. The zero-order chi connectivity index (χ0) is 17.0. The number of halogens is 1. The van der Waals surface area contributed by atoms with Gasteiger partial charge < -0.3 is 0 Å². The summed E-state index contributed by atoms with van der Waals surface area (Å²) >= 11 is 0. The third-order valence-electron chi connectivity index (χ3n) is 2.95. The molecule has 0 saturated carbocycles. The Morgan fingerprint density at radius 3 is 2.83 bits per heavy atom. The van der Waals surface area contributed by atoms with Crippen LogP contribution in [0.2, 0.25) is 0 Å². The van der Waals surface area contributed by atoms with Crippen molar-refractivity contribution in [2.75, 3.05) is 0 Å². The van der Waals surface area contributed by atoms with Crippen molar-refractivity contribution in [3.05, 3.63) is 39.7 Å². The van der Waals surface area contributed by atoms with Crippen molar-refractivity contribution >= 4 is 17.8 Å². The summed E-state index contributed by atoms with van der Waals surface area (Å²) in [5.74, 6) is -1.45. The van der Waals surface area contributed by atoms with Gasteiger partial charge in [0.2, 0.25) is 11.6 Å². The van der Waals surface area contributed by atoms with Crippen molar-refractivity contribution < 1.29 is 14.1 Å². The smallest absolute Gasteiger partial charge is 0.265 e. The second kappa shape index (κ2) is 6.77. The number of amides is 1. The highest BCUT2D eigenvalue weighted by Gasteiger charge is 2.25. The Bertz CT molecular complexity index is 765. The lowest BCUT2D eigenvalue weighted by atomic mass is 10.3. The number of aromatic nitrogens is 4. The Morgan fingerprint density at radius 2 is 2.26 bits per heavy atom. The van der Waals surface area contributed by atoms with E-state index in [0.29, 0.717) is 13.1 Å². The summed E-state index contributed by atoms with van der Waals surface area (Å²) in [5.41, 5.74) is 1.38. The Labute approximate surface area is 129 Å². The van der Waals surface area contributed by atoms with Gasteiger partial charge in [0.15, 0.2) is 0 Å². The van der Waals surface area contributed by atoms with E-state index in [1.165, 1.54) is 10.9 Å². The summed E-state index contributed by atoms with van der Waals surface area (Å²) in [6.07, 6.45) is 3.47. The summed E-state index contributed by atoms with van der Waals surface area (Å²) in [5, 5.41) is 22.1. The SMILES string of the molecule is CCn1cc([N+](=O)[O-])c(C(=O)N/N=C/c2cnn(CC)c2F)n1. The molecule has 0 fully saturated rings. The van der Waals surface area contributed by atoms with Crippen LogP contribution in [0, 0.1) is 16.1 Å². The van der Waals surface area contributed by atoms with Crippen LogP contribution in [-0.4, -0.2) is 36.6 Å². The van der Waals surface area contributed by atoms with Crippen molar-refractivity contribution in [2.45, 2.75) is 26.9 Å². The van der Waals surface area contributed by atoms with Gasteiger partial charge in [-0.05, 0) is 13.8 Å². The van der Waals surface area contributed by atoms with Crippen LogP contribution >= 0.6 is 0 Å². The number of hydrogen-bond donors (Lipinski definition) is 1. The third-order valence-corrected chi connectivity index (χ3v) is 2.95. The molecule has 2 aromatic rings. The van der Waals surface area contributed by atoms with Crippen molar-refractivity contribution in [2.24, 2.45) is 5.10 Å². The van der Waals surface area contributed by atoms with E-state index in [1.807, 2.05) is 0 Å². The minimum Gasteiger partial charge on any atom is -0.265 e. The van der Waals surface area contributed by atoms with Crippen LogP contribution in [0.15, 0.2) is 17.5 Å². The number of nitrogens with one attached hydrogen (secondary N) is 1. The first-order valence-corrected chi connectivity index (χ1v) is 6.74. The van der Waals surface area contributed by atoms with Crippen molar-refractivity contribution in [3.63, 3.8) is 0 Å². The molecule has 0 saturated heterocycles. The molecule has 0 aromatic carbocycles. The zero-order valence-corrected chi connectivity index (χ0v) is 12.4. The number of hydrazone groups is 1. The van der Waals surface area contributed by atoms with Crippen LogP contribution in [0.1, 0.15) is 29.9 Å². The number of carbonyl (C=O) groups excluding carboxylic acids is 1. The summed E-state index contributed by atoms with van der Waals surface area (Å²) < 4.78 is 16.1. The number of nitro groups is 1. The van der Waals surface area contributed by atoms with E-state index < -0.39 is 22.5 Å². The van der Waals surface area contributed by atoms with Gasteiger partial charge in [0.25, 0.3) is 5.91 Å². The number of aryl methyl sites for hydroxylation is 2. The molecule has 2 heterocycles. The van der Waals surface area contributed by atoms with Crippen LogP contribution in [0.3, 0.4) is 0 Å². The molecule has 2 aromatic heterocycles. The Balaban J connectivity index is 2.13. The monoisotopic (exact) mass is 323 g/mol. The molecule has 1 amide bonds. The van der Waals surface area contributed by atoms with Gasteiger partial charge in [0.05, 0.1) is 22.9 Å². The van der Waals surface area contributed by atoms with E-state index in [9.17, 15) is 19.3 Å². The molecule has 0 radical (unpaired) electrons. The highest BCUT2D eigenvalue weighted by atomic mass is 19.1. The molecule has 0 spiro atoms. The highest BCUT2D eigenvalue weighted by Crippen LogP contribution is 2.16.